The van der Waals surface area contributed by atoms with Crippen LogP contribution in [0.15, 0.2) is 30.5 Å². The van der Waals surface area contributed by atoms with E-state index in [-0.39, 0.29) is 11.7 Å². The van der Waals surface area contributed by atoms with E-state index in [9.17, 15) is 9.18 Å². The molecule has 0 radical (unpaired) electrons. The van der Waals surface area contributed by atoms with Crippen LogP contribution in [0, 0.1) is 5.82 Å². The molecule has 0 aliphatic carbocycles. The molecule has 1 N–H and O–H groups in total. The minimum atomic E-state index is -0.326. The molecule has 0 fully saturated rings. The number of hydrogen-bond donors (Lipinski definition) is 1. The van der Waals surface area contributed by atoms with Crippen molar-refractivity contribution in [3.8, 4) is 0 Å². The molecule has 0 atom stereocenters. The Bertz CT molecular complexity index is 569. The molecule has 18 heavy (non-hydrogen) atoms. The van der Waals surface area contributed by atoms with Gasteiger partial charge in [0.1, 0.15) is 5.82 Å². The predicted molar refractivity (Wildman–Crippen MR) is 68.9 cm³/mol. The maximum absolute atomic E-state index is 13.1. The lowest BCUT2D eigenvalue weighted by Gasteiger charge is -2.05. The fraction of sp³-hybridized carbons (Fsp3) is 0.286. The Morgan fingerprint density at radius 2 is 2.22 bits per heavy atom. The van der Waals surface area contributed by atoms with Crippen LogP contribution in [0.25, 0.3) is 10.9 Å². The third-order valence-corrected chi connectivity index (χ3v) is 2.72. The molecule has 0 bridgehead atoms. The normalized spacial score (nSPS) is 10.6. The van der Waals surface area contributed by atoms with Crippen molar-refractivity contribution in [2.45, 2.75) is 19.8 Å². The number of hydrogen-bond acceptors (Lipinski definition) is 2. The Kier molecular flexibility index (Phi) is 3.87. The average molecular weight is 246 g/mol. The summed E-state index contributed by atoms with van der Waals surface area (Å²) >= 11 is 0. The molecule has 0 spiro atoms. The number of carbonyl (C=O) groups excluding carboxylic acids is 1. The van der Waals surface area contributed by atoms with Crippen molar-refractivity contribution in [1.29, 1.82) is 0 Å². The highest BCUT2D eigenvalue weighted by atomic mass is 19.1. The van der Waals surface area contributed by atoms with Crippen molar-refractivity contribution >= 4 is 16.8 Å². The van der Waals surface area contributed by atoms with Gasteiger partial charge in [0.2, 0.25) is 0 Å². The van der Waals surface area contributed by atoms with E-state index in [0.29, 0.717) is 23.0 Å². The molecule has 2 rings (SSSR count). The molecule has 3 nitrogen and oxygen atoms in total. The number of amides is 1. The first-order valence-electron chi connectivity index (χ1n) is 6.04. The molecular weight excluding hydrogens is 231 g/mol. The van der Waals surface area contributed by atoms with E-state index in [2.05, 4.69) is 17.2 Å². The number of halogens is 1. The fourth-order valence-corrected chi connectivity index (χ4v) is 1.71. The monoisotopic (exact) mass is 246 g/mol. The molecule has 4 heteroatoms. The van der Waals surface area contributed by atoms with E-state index in [0.717, 1.165) is 12.8 Å². The average Bonchev–Trinajstić information content (AvgIpc) is 2.38. The van der Waals surface area contributed by atoms with Crippen LogP contribution in [0.2, 0.25) is 0 Å². The number of aromatic nitrogens is 1. The SMILES string of the molecule is CCCCNC(=O)c1cnc2ccc(F)cc2c1. The lowest BCUT2D eigenvalue weighted by Crippen LogP contribution is -2.24. The molecule has 1 heterocycles. The second-order valence-electron chi connectivity index (χ2n) is 4.17. The van der Waals surface area contributed by atoms with Gasteiger partial charge in [-0.05, 0) is 30.7 Å². The zero-order chi connectivity index (χ0) is 13.0. The first-order chi connectivity index (χ1) is 8.70. The minimum absolute atomic E-state index is 0.165. The van der Waals surface area contributed by atoms with Gasteiger partial charge in [-0.2, -0.15) is 0 Å². The summed E-state index contributed by atoms with van der Waals surface area (Å²) < 4.78 is 13.1. The summed E-state index contributed by atoms with van der Waals surface area (Å²) in [6, 6.07) is 6.00. The summed E-state index contributed by atoms with van der Waals surface area (Å²) in [4.78, 5) is 15.9. The van der Waals surface area contributed by atoms with Crippen LogP contribution in [0.1, 0.15) is 30.1 Å². The van der Waals surface area contributed by atoms with Crippen molar-refractivity contribution < 1.29 is 9.18 Å². The number of nitrogens with zero attached hydrogens (tertiary/aromatic N) is 1. The maximum atomic E-state index is 13.1. The Morgan fingerprint density at radius 1 is 1.39 bits per heavy atom. The van der Waals surface area contributed by atoms with Crippen LogP contribution in [-0.4, -0.2) is 17.4 Å². The van der Waals surface area contributed by atoms with Crippen molar-refractivity contribution in [1.82, 2.24) is 10.3 Å². The number of fused-ring (bicyclic) bond motifs is 1. The van der Waals surface area contributed by atoms with Gasteiger partial charge in [0, 0.05) is 18.1 Å². The highest BCUT2D eigenvalue weighted by Crippen LogP contribution is 2.14. The minimum Gasteiger partial charge on any atom is -0.352 e. The van der Waals surface area contributed by atoms with Crippen LogP contribution in [0.5, 0.6) is 0 Å². The quantitative estimate of drug-likeness (QED) is 0.843. The molecule has 0 unspecified atom stereocenters. The van der Waals surface area contributed by atoms with E-state index in [4.69, 9.17) is 0 Å². The lowest BCUT2D eigenvalue weighted by atomic mass is 10.1. The van der Waals surface area contributed by atoms with Gasteiger partial charge < -0.3 is 5.32 Å². The topological polar surface area (TPSA) is 42.0 Å². The molecular formula is C14H15FN2O. The van der Waals surface area contributed by atoms with E-state index >= 15 is 0 Å². The predicted octanol–water partition coefficient (Wildman–Crippen LogP) is 2.90. The summed E-state index contributed by atoms with van der Waals surface area (Å²) in [7, 11) is 0. The lowest BCUT2D eigenvalue weighted by molar-refractivity contribution is 0.0953. The largest absolute Gasteiger partial charge is 0.352 e. The number of pyridine rings is 1. The second-order valence-corrected chi connectivity index (χ2v) is 4.17. The smallest absolute Gasteiger partial charge is 0.252 e. The molecule has 0 aliphatic heterocycles. The zero-order valence-corrected chi connectivity index (χ0v) is 10.2. The molecule has 0 saturated carbocycles. The van der Waals surface area contributed by atoms with Gasteiger partial charge in [-0.15, -0.1) is 0 Å². The van der Waals surface area contributed by atoms with Gasteiger partial charge in [0.25, 0.3) is 5.91 Å². The molecule has 1 aromatic carbocycles. The number of carbonyl (C=O) groups is 1. The fourth-order valence-electron chi connectivity index (χ4n) is 1.71. The molecule has 0 aliphatic rings. The van der Waals surface area contributed by atoms with Crippen molar-refractivity contribution in [3.63, 3.8) is 0 Å². The number of unbranched alkanes of at least 4 members (excludes halogenated alkanes) is 1. The van der Waals surface area contributed by atoms with Crippen LogP contribution in [0.3, 0.4) is 0 Å². The van der Waals surface area contributed by atoms with Crippen LogP contribution >= 0.6 is 0 Å². The van der Waals surface area contributed by atoms with Gasteiger partial charge in [0.05, 0.1) is 11.1 Å². The van der Waals surface area contributed by atoms with Gasteiger partial charge in [-0.25, -0.2) is 4.39 Å². The number of benzene rings is 1. The second kappa shape index (κ2) is 5.58. The van der Waals surface area contributed by atoms with Crippen LogP contribution < -0.4 is 5.32 Å². The van der Waals surface area contributed by atoms with Crippen LogP contribution in [-0.2, 0) is 0 Å². The third-order valence-electron chi connectivity index (χ3n) is 2.72. The Balaban J connectivity index is 2.21. The van der Waals surface area contributed by atoms with E-state index in [1.54, 1.807) is 12.1 Å². The molecule has 94 valence electrons. The summed E-state index contributed by atoms with van der Waals surface area (Å²) in [6.45, 7) is 2.71. The van der Waals surface area contributed by atoms with Gasteiger partial charge in [-0.1, -0.05) is 13.3 Å². The maximum Gasteiger partial charge on any atom is 0.252 e. The summed E-state index contributed by atoms with van der Waals surface area (Å²) in [5.41, 5.74) is 1.14. The van der Waals surface area contributed by atoms with E-state index < -0.39 is 0 Å². The summed E-state index contributed by atoms with van der Waals surface area (Å²) in [6.07, 6.45) is 3.49. The zero-order valence-electron chi connectivity index (χ0n) is 10.2. The molecule has 2 aromatic rings. The Labute approximate surface area is 105 Å². The Morgan fingerprint density at radius 3 is 3.00 bits per heavy atom. The molecule has 0 saturated heterocycles. The Hall–Kier alpha value is -1.97. The first-order valence-corrected chi connectivity index (χ1v) is 6.04. The molecule has 1 aromatic heterocycles. The molecule has 1 amide bonds. The standard InChI is InChI=1S/C14H15FN2O/c1-2-3-6-16-14(18)11-7-10-8-12(15)4-5-13(10)17-9-11/h4-5,7-9H,2-3,6H2,1H3,(H,16,18). The highest BCUT2D eigenvalue weighted by molar-refractivity contribution is 5.97. The summed E-state index contributed by atoms with van der Waals surface area (Å²) in [5, 5.41) is 3.44. The van der Waals surface area contributed by atoms with Gasteiger partial charge in [0.15, 0.2) is 0 Å². The van der Waals surface area contributed by atoms with E-state index in [1.807, 2.05) is 0 Å². The highest BCUT2D eigenvalue weighted by Gasteiger charge is 2.06. The number of rotatable bonds is 4. The van der Waals surface area contributed by atoms with Crippen molar-refractivity contribution in [3.05, 3.63) is 41.8 Å². The number of nitrogens with one attached hydrogen (secondary N) is 1. The van der Waals surface area contributed by atoms with E-state index in [1.165, 1.54) is 18.3 Å². The van der Waals surface area contributed by atoms with Crippen LogP contribution in [0.4, 0.5) is 4.39 Å². The third kappa shape index (κ3) is 2.83. The van der Waals surface area contributed by atoms with Crippen molar-refractivity contribution in [2.75, 3.05) is 6.54 Å². The van der Waals surface area contributed by atoms with Crippen molar-refractivity contribution in [2.24, 2.45) is 0 Å². The summed E-state index contributed by atoms with van der Waals surface area (Å²) in [5.74, 6) is -0.491. The van der Waals surface area contributed by atoms with Gasteiger partial charge >= 0.3 is 0 Å². The van der Waals surface area contributed by atoms with Gasteiger partial charge in [-0.3, -0.25) is 9.78 Å². The first kappa shape index (κ1) is 12.5.